The quantitative estimate of drug-likeness (QED) is 0.146. The van der Waals surface area contributed by atoms with Crippen molar-refractivity contribution in [2.75, 3.05) is 0 Å². The maximum Gasteiger partial charge on any atom is 0.125 e. The summed E-state index contributed by atoms with van der Waals surface area (Å²) in [5.41, 5.74) is 9.79. The van der Waals surface area contributed by atoms with Gasteiger partial charge in [0.15, 0.2) is 0 Å². The van der Waals surface area contributed by atoms with Crippen LogP contribution in [0.4, 0.5) is 0 Å². The van der Waals surface area contributed by atoms with Gasteiger partial charge in [0.1, 0.15) is 18.5 Å². The van der Waals surface area contributed by atoms with Crippen molar-refractivity contribution < 1.29 is 0 Å². The predicted octanol–water partition coefficient (Wildman–Crippen LogP) is 34.8. The molecule has 0 bridgehead atoms. The minimum Gasteiger partial charge on any atom is -0.265 e. The van der Waals surface area contributed by atoms with Gasteiger partial charge >= 0.3 is 0 Å². The average molecular weight is 1490 g/mol. The summed E-state index contributed by atoms with van der Waals surface area (Å²) < 4.78 is 0. The van der Waals surface area contributed by atoms with Gasteiger partial charge < -0.3 is 0 Å². The Kier molecular flexibility index (Phi) is 304. The molecule has 0 aliphatic heterocycles. The van der Waals surface area contributed by atoms with E-state index in [9.17, 15) is 0 Å². The number of hydrogen-bond donors (Lipinski definition) is 0. The van der Waals surface area contributed by atoms with Gasteiger partial charge in [-0.05, 0) is 169 Å². The first-order chi connectivity index (χ1) is 46.4. The molecule has 9 rings (SSSR count). The zero-order valence-electron chi connectivity index (χ0n) is 70.7. The molecule has 0 spiro atoms. The Morgan fingerprint density at radius 1 is 0.214 bits per heavy atom. The van der Waals surface area contributed by atoms with Crippen LogP contribution in [0, 0.1) is 76.2 Å². The Labute approximate surface area is 663 Å². The number of rotatable bonds is 0. The Morgan fingerprint density at radius 3 is 0.670 bits per heavy atom. The Hall–Kier alpha value is -6.69. The van der Waals surface area contributed by atoms with E-state index < -0.39 is 0 Å². The summed E-state index contributed by atoms with van der Waals surface area (Å²) in [6.07, 6.45) is 20.7. The van der Waals surface area contributed by atoms with E-state index in [2.05, 4.69) is 115 Å². The molecule has 8 heterocycles. The van der Waals surface area contributed by atoms with Gasteiger partial charge in [-0.25, -0.2) is 29.9 Å². The zero-order chi connectivity index (χ0) is 78.3. The molecule has 103 heavy (non-hydrogen) atoms. The molecule has 0 unspecified atom stereocenters. The van der Waals surface area contributed by atoms with Gasteiger partial charge in [-0.1, -0.05) is 329 Å². The normalized spacial score (nSPS) is 6.36. The summed E-state index contributed by atoms with van der Waals surface area (Å²) in [6.45, 7) is 86.4. The van der Waals surface area contributed by atoms with Crippen LogP contribution in [-0.4, -0.2) is 44.9 Å². The summed E-state index contributed by atoms with van der Waals surface area (Å²) in [5.74, 6) is 0.822. The molecule has 0 aliphatic carbocycles. The molecule has 616 valence electrons. The highest BCUT2D eigenvalue weighted by Crippen LogP contribution is 2.13. The van der Waals surface area contributed by atoms with Gasteiger partial charge in [-0.2, -0.15) is 0 Å². The van der Waals surface area contributed by atoms with E-state index in [1.807, 2.05) is 336 Å². The van der Waals surface area contributed by atoms with Crippen LogP contribution in [0.3, 0.4) is 0 Å². The molecule has 0 saturated heterocycles. The Bertz CT molecular complexity index is 1900. The topological polar surface area (TPSA) is 116 Å². The molecule has 0 aliphatic rings. The van der Waals surface area contributed by atoms with Crippen molar-refractivity contribution in [1.82, 2.24) is 44.9 Å². The van der Waals surface area contributed by atoms with Crippen molar-refractivity contribution in [2.24, 2.45) is 0 Å². The third-order valence-corrected chi connectivity index (χ3v) is 9.66. The van der Waals surface area contributed by atoms with Crippen molar-refractivity contribution in [3.63, 3.8) is 0 Å². The van der Waals surface area contributed by atoms with E-state index in [1.54, 1.807) is 84.5 Å². The van der Waals surface area contributed by atoms with Gasteiger partial charge in [-0.15, -0.1) is 22.7 Å². The zero-order valence-corrected chi connectivity index (χ0v) is 72.3. The van der Waals surface area contributed by atoms with Gasteiger partial charge in [0, 0.05) is 83.1 Å². The van der Waals surface area contributed by atoms with E-state index in [1.165, 1.54) is 50.2 Å². The fourth-order valence-corrected chi connectivity index (χ4v) is 5.32. The molecule has 9 nitrogen and oxygen atoms in total. The number of aromatic nitrogens is 9. The molecule has 11 heteroatoms. The number of pyridine rings is 3. The fraction of sp³-hybridized carbons (Fsp3) is 0.554. The highest BCUT2D eigenvalue weighted by atomic mass is 32.1. The summed E-state index contributed by atoms with van der Waals surface area (Å²) in [6, 6.07) is 31.9. The molecule has 0 N–H and O–H groups in total. The van der Waals surface area contributed by atoms with E-state index in [-0.39, 0.29) is 59.4 Å². The summed E-state index contributed by atoms with van der Waals surface area (Å²) in [4.78, 5) is 37.5. The summed E-state index contributed by atoms with van der Waals surface area (Å²) in [5, 5.41) is 4.23. The lowest BCUT2D eigenvalue weighted by atomic mass is 10.2. The van der Waals surface area contributed by atoms with Crippen LogP contribution in [-0.2, 0) is 0 Å². The second-order valence-corrected chi connectivity index (χ2v) is 15.8. The molecule has 0 atom stereocenters. The van der Waals surface area contributed by atoms with E-state index in [4.69, 9.17) is 0 Å². The lowest BCUT2D eigenvalue weighted by Gasteiger charge is -1.82. The molecule has 0 saturated carbocycles. The maximum atomic E-state index is 3.98. The van der Waals surface area contributed by atoms with Crippen molar-refractivity contribution in [3.05, 3.63) is 243 Å². The predicted molar refractivity (Wildman–Crippen MR) is 501 cm³/mol. The fourth-order valence-electron chi connectivity index (χ4n) is 3.86. The van der Waals surface area contributed by atoms with Gasteiger partial charge in [-0.3, -0.25) is 15.0 Å². The van der Waals surface area contributed by atoms with Gasteiger partial charge in [0.05, 0.1) is 0 Å². The third kappa shape index (κ3) is 173. The van der Waals surface area contributed by atoms with Crippen LogP contribution >= 0.6 is 22.7 Å². The van der Waals surface area contributed by atoms with Crippen molar-refractivity contribution in [2.45, 2.75) is 357 Å². The number of benzene rings is 1. The average Bonchev–Trinajstić information content (AvgIpc) is 1.85. The lowest BCUT2D eigenvalue weighted by Crippen LogP contribution is -1.80. The van der Waals surface area contributed by atoms with Crippen LogP contribution < -0.4 is 0 Å². The van der Waals surface area contributed by atoms with Crippen molar-refractivity contribution in [3.8, 4) is 0 Å². The molecule has 0 radical (unpaired) electrons. The largest absolute Gasteiger partial charge is 0.265 e. The Morgan fingerprint density at radius 2 is 0.524 bits per heavy atom. The highest BCUT2D eigenvalue weighted by Gasteiger charge is 1.88. The number of thiophene rings is 2. The van der Waals surface area contributed by atoms with Crippen LogP contribution in [0.2, 0.25) is 0 Å². The molecule has 9 aromatic rings. The number of aryl methyl sites for hydroxylation is 11. The smallest absolute Gasteiger partial charge is 0.125 e. The Balaban J connectivity index is -0.0000000293. The molecular weight excluding hydrogens is 1300 g/mol. The molecular formula is C92H191N9S2. The molecule has 8 aromatic heterocycles. The minimum absolute atomic E-state index is 0. The SMILES string of the molecule is C.C.C.C.C.C.C.C.CC.CC.CC.CC.CC.CC.CC.CC.CC.CC.CC.CC.CC.CC.CC.CC.Cc1ccccc1.Cc1ccccn1.Cc1cccnc1.Cc1ccncc1.Cc1ccncn1.Cc1ccsc1C.Cc1ccsc1C.Cc1cncnc1.Cc1ncccn1. The van der Waals surface area contributed by atoms with E-state index in [0.717, 1.165) is 22.8 Å². The molecule has 0 fully saturated rings. The number of hydrogen-bond acceptors (Lipinski definition) is 11. The second-order valence-electron chi connectivity index (χ2n) is 13.6. The molecule has 0 amide bonds. The monoisotopic (exact) mass is 1490 g/mol. The first-order valence-electron chi connectivity index (χ1n) is 36.2. The van der Waals surface area contributed by atoms with E-state index in [0.29, 0.717) is 0 Å². The maximum absolute atomic E-state index is 3.98. The first-order valence-corrected chi connectivity index (χ1v) is 37.9. The van der Waals surface area contributed by atoms with Crippen molar-refractivity contribution >= 4 is 22.7 Å². The summed E-state index contributed by atoms with van der Waals surface area (Å²) in [7, 11) is 0. The standard InChI is InChI=1S/C7H8.3C6H7N.2C6H8S.3C5H6N2.16C2H6.8CH4/c1-7-5-3-2-4-6-7;1-6-2-4-7-5-3-6;1-6-3-2-4-7-5-6;1-6-4-2-3-5-7-6;2*1-5-3-4-7-6(5)2;1-5-2-6-4-7-3-5;1-5-2-3-6-4-7-5;1-5-6-3-2-4-7-5;16*1-2;;;;;;;;/h2-6H,1H3;3*2-5H,1H3;2*3-4H,1-2H3;3*2-4H,1H3;16*1-2H3;8*1H4. The minimum atomic E-state index is 0. The van der Waals surface area contributed by atoms with Gasteiger partial charge in [0.25, 0.3) is 0 Å². The van der Waals surface area contributed by atoms with Crippen LogP contribution in [0.15, 0.2) is 182 Å². The van der Waals surface area contributed by atoms with E-state index >= 15 is 0 Å². The summed E-state index contributed by atoms with van der Waals surface area (Å²) >= 11 is 3.61. The first kappa shape index (κ1) is 167. The van der Waals surface area contributed by atoms with Crippen molar-refractivity contribution in [1.29, 1.82) is 0 Å². The highest BCUT2D eigenvalue weighted by molar-refractivity contribution is 7.10. The number of nitrogens with zero attached hydrogens (tertiary/aromatic N) is 9. The van der Waals surface area contributed by atoms with Crippen LogP contribution in [0.1, 0.15) is 341 Å². The van der Waals surface area contributed by atoms with Crippen LogP contribution in [0.5, 0.6) is 0 Å². The lowest BCUT2D eigenvalue weighted by molar-refractivity contribution is 1.05. The second kappa shape index (κ2) is 187. The van der Waals surface area contributed by atoms with Crippen LogP contribution in [0.25, 0.3) is 0 Å². The molecule has 1 aromatic carbocycles. The van der Waals surface area contributed by atoms with Gasteiger partial charge in [0.2, 0.25) is 0 Å². The third-order valence-electron chi connectivity index (χ3n) is 7.76.